The van der Waals surface area contributed by atoms with E-state index in [0.717, 1.165) is 12.1 Å². The first-order valence-corrected chi connectivity index (χ1v) is 11.0. The Bertz CT molecular complexity index is 1290. The Hall–Kier alpha value is -3.60. The number of methoxy groups -OCH3 is 2. The van der Waals surface area contributed by atoms with Gasteiger partial charge in [-0.05, 0) is 37.3 Å². The highest BCUT2D eigenvalue weighted by atomic mass is 32.2. The molecule has 2 heterocycles. The van der Waals surface area contributed by atoms with Crippen molar-refractivity contribution in [2.45, 2.75) is 23.9 Å². The van der Waals surface area contributed by atoms with Gasteiger partial charge in [-0.15, -0.1) is 0 Å². The number of hydrogen-bond donors (Lipinski definition) is 0. The first-order chi connectivity index (χ1) is 16.3. The smallest absolute Gasteiger partial charge is 0.416 e. The number of rotatable bonds is 7. The fourth-order valence-electron chi connectivity index (χ4n) is 3.17. The van der Waals surface area contributed by atoms with Crippen molar-refractivity contribution in [3.05, 3.63) is 65.7 Å². The Morgan fingerprint density at radius 3 is 2.38 bits per heavy atom. The van der Waals surface area contributed by atoms with E-state index in [1.54, 1.807) is 38.3 Å². The van der Waals surface area contributed by atoms with Crippen molar-refractivity contribution < 1.29 is 27.2 Å². The maximum absolute atomic E-state index is 12.8. The molecule has 2 aromatic carbocycles. The van der Waals surface area contributed by atoms with Gasteiger partial charge in [-0.2, -0.15) is 18.2 Å². The van der Waals surface area contributed by atoms with Crippen LogP contribution in [0.25, 0.3) is 22.8 Å². The number of aryl methyl sites for hydroxylation is 1. The fourth-order valence-corrected chi connectivity index (χ4v) is 3.97. The van der Waals surface area contributed by atoms with Crippen LogP contribution in [0.1, 0.15) is 17.1 Å². The molecule has 0 bridgehead atoms. The van der Waals surface area contributed by atoms with Crippen molar-refractivity contribution in [3.8, 4) is 34.3 Å². The second kappa shape index (κ2) is 9.72. The molecule has 34 heavy (non-hydrogen) atoms. The van der Waals surface area contributed by atoms with Crippen LogP contribution in [-0.2, 0) is 11.9 Å². The molecule has 7 nitrogen and oxygen atoms in total. The van der Waals surface area contributed by atoms with Crippen LogP contribution in [0.3, 0.4) is 0 Å². The van der Waals surface area contributed by atoms with Crippen LogP contribution in [0.5, 0.6) is 11.5 Å². The Labute approximate surface area is 197 Å². The quantitative estimate of drug-likeness (QED) is 0.237. The second-order valence-corrected chi connectivity index (χ2v) is 8.08. The molecule has 0 saturated carbocycles. The summed E-state index contributed by atoms with van der Waals surface area (Å²) >= 11 is 1.35. The van der Waals surface area contributed by atoms with E-state index >= 15 is 0 Å². The Kier molecular flexibility index (Phi) is 6.73. The summed E-state index contributed by atoms with van der Waals surface area (Å²) in [6.45, 7) is 1.79. The van der Waals surface area contributed by atoms with Gasteiger partial charge >= 0.3 is 6.18 Å². The average molecular weight is 488 g/mol. The standard InChI is InChI=1S/C23H19F3N4O3S/c1-13-11-19(29-21(27-13)14-7-9-15(10-8-14)23(24,25)26)34-12-18-28-22(30-33-18)16-5-4-6-17(31-2)20(16)32-3/h4-11H,12H2,1-3H3. The number of alkyl halides is 3. The Balaban J connectivity index is 1.51. The van der Waals surface area contributed by atoms with Crippen LogP contribution in [0, 0.1) is 6.92 Å². The molecule has 0 unspecified atom stereocenters. The van der Waals surface area contributed by atoms with Crippen LogP contribution in [0.15, 0.2) is 58.1 Å². The molecule has 176 valence electrons. The monoisotopic (exact) mass is 488 g/mol. The van der Waals surface area contributed by atoms with E-state index in [-0.39, 0.29) is 0 Å². The molecule has 2 aromatic heterocycles. The third-order valence-corrected chi connectivity index (χ3v) is 5.65. The van der Waals surface area contributed by atoms with Gasteiger partial charge < -0.3 is 14.0 Å². The van der Waals surface area contributed by atoms with Crippen molar-refractivity contribution in [2.75, 3.05) is 14.2 Å². The van der Waals surface area contributed by atoms with Gasteiger partial charge in [0.15, 0.2) is 17.3 Å². The summed E-state index contributed by atoms with van der Waals surface area (Å²) in [5, 5.41) is 4.66. The highest BCUT2D eigenvalue weighted by molar-refractivity contribution is 7.98. The predicted octanol–water partition coefficient (Wildman–Crippen LogP) is 5.83. The molecule has 0 aliphatic carbocycles. The molecular formula is C23H19F3N4O3S. The summed E-state index contributed by atoms with van der Waals surface area (Å²) in [6, 6.07) is 11.9. The predicted molar refractivity (Wildman–Crippen MR) is 120 cm³/mol. The lowest BCUT2D eigenvalue weighted by molar-refractivity contribution is -0.137. The topological polar surface area (TPSA) is 83.2 Å². The number of nitrogens with zero attached hydrogens (tertiary/aromatic N) is 4. The van der Waals surface area contributed by atoms with Gasteiger partial charge in [0.1, 0.15) is 5.03 Å². The summed E-state index contributed by atoms with van der Waals surface area (Å²) in [5.74, 6) is 2.45. The largest absolute Gasteiger partial charge is 0.493 e. The van der Waals surface area contributed by atoms with Crippen molar-refractivity contribution in [3.63, 3.8) is 0 Å². The molecule has 0 fully saturated rings. The zero-order valence-electron chi connectivity index (χ0n) is 18.4. The van der Waals surface area contributed by atoms with Crippen molar-refractivity contribution in [2.24, 2.45) is 0 Å². The number of aromatic nitrogens is 4. The molecule has 0 N–H and O–H groups in total. The van der Waals surface area contributed by atoms with Crippen LogP contribution in [0.2, 0.25) is 0 Å². The summed E-state index contributed by atoms with van der Waals surface area (Å²) < 4.78 is 54.6. The van der Waals surface area contributed by atoms with Crippen LogP contribution >= 0.6 is 11.8 Å². The summed E-state index contributed by atoms with van der Waals surface area (Å²) in [4.78, 5) is 13.2. The van der Waals surface area contributed by atoms with Crippen LogP contribution in [-0.4, -0.2) is 34.3 Å². The van der Waals surface area contributed by atoms with E-state index in [2.05, 4.69) is 20.1 Å². The van der Waals surface area contributed by atoms with E-state index in [9.17, 15) is 13.2 Å². The van der Waals surface area contributed by atoms with Crippen molar-refractivity contribution >= 4 is 11.8 Å². The molecule has 0 amide bonds. The zero-order chi connectivity index (χ0) is 24.3. The lowest BCUT2D eigenvalue weighted by Crippen LogP contribution is -2.04. The van der Waals surface area contributed by atoms with Gasteiger partial charge in [0.25, 0.3) is 0 Å². The van der Waals surface area contributed by atoms with Gasteiger partial charge in [0.05, 0.1) is 31.1 Å². The van der Waals surface area contributed by atoms with Gasteiger partial charge in [0.2, 0.25) is 11.7 Å². The van der Waals surface area contributed by atoms with Crippen molar-refractivity contribution in [1.29, 1.82) is 0 Å². The maximum atomic E-state index is 12.8. The van der Waals surface area contributed by atoms with E-state index < -0.39 is 11.7 Å². The van der Waals surface area contributed by atoms with Gasteiger partial charge in [-0.3, -0.25) is 0 Å². The molecule has 0 saturated heterocycles. The highest BCUT2D eigenvalue weighted by Gasteiger charge is 2.30. The SMILES string of the molecule is COc1cccc(-c2noc(CSc3cc(C)nc(-c4ccc(C(F)(F)F)cc4)n3)n2)c1OC. The molecule has 0 radical (unpaired) electrons. The number of ether oxygens (including phenoxy) is 2. The molecule has 0 aliphatic heterocycles. The minimum Gasteiger partial charge on any atom is -0.493 e. The van der Waals surface area contributed by atoms with Crippen LogP contribution < -0.4 is 9.47 Å². The van der Waals surface area contributed by atoms with Crippen molar-refractivity contribution in [1.82, 2.24) is 20.1 Å². The molecule has 0 atom stereocenters. The lowest BCUT2D eigenvalue weighted by atomic mass is 10.1. The molecule has 4 rings (SSSR count). The number of thioether (sulfide) groups is 1. The zero-order valence-corrected chi connectivity index (χ0v) is 19.2. The summed E-state index contributed by atoms with van der Waals surface area (Å²) in [7, 11) is 3.08. The maximum Gasteiger partial charge on any atom is 0.416 e. The Morgan fingerprint density at radius 1 is 0.941 bits per heavy atom. The molecule has 0 aliphatic rings. The minimum atomic E-state index is -4.40. The minimum absolute atomic E-state index is 0.336. The van der Waals surface area contributed by atoms with Gasteiger partial charge in [0, 0.05) is 11.3 Å². The second-order valence-electron chi connectivity index (χ2n) is 7.09. The summed E-state index contributed by atoms with van der Waals surface area (Å²) in [6.07, 6.45) is -4.40. The highest BCUT2D eigenvalue weighted by Crippen LogP contribution is 2.37. The first kappa shape index (κ1) is 23.6. The van der Waals surface area contributed by atoms with E-state index in [4.69, 9.17) is 14.0 Å². The van der Waals surface area contributed by atoms with Crippen LogP contribution in [0.4, 0.5) is 13.2 Å². The number of benzene rings is 2. The van der Waals surface area contributed by atoms with E-state index in [1.165, 1.54) is 31.0 Å². The first-order valence-electron chi connectivity index (χ1n) is 9.98. The molecule has 0 spiro atoms. The number of halogens is 3. The van der Waals surface area contributed by atoms with E-state index in [1.807, 2.05) is 0 Å². The normalized spacial score (nSPS) is 11.5. The molecule has 11 heteroatoms. The van der Waals surface area contributed by atoms with Gasteiger partial charge in [-0.1, -0.05) is 35.1 Å². The lowest BCUT2D eigenvalue weighted by Gasteiger charge is -2.09. The third kappa shape index (κ3) is 5.14. The summed E-state index contributed by atoms with van der Waals surface area (Å²) in [5.41, 5.74) is 1.08. The van der Waals surface area contributed by atoms with Gasteiger partial charge in [-0.25, -0.2) is 9.97 Å². The average Bonchev–Trinajstić information content (AvgIpc) is 3.30. The number of para-hydroxylation sites is 1. The molecule has 4 aromatic rings. The number of hydrogen-bond acceptors (Lipinski definition) is 8. The molecular weight excluding hydrogens is 469 g/mol. The Morgan fingerprint density at radius 2 is 1.71 bits per heavy atom. The third-order valence-electron chi connectivity index (χ3n) is 4.76. The van der Waals surface area contributed by atoms with E-state index in [0.29, 0.717) is 56.6 Å². The fraction of sp³-hybridized carbons (Fsp3) is 0.217.